The van der Waals surface area contributed by atoms with E-state index in [0.717, 1.165) is 44.9 Å². The lowest BCUT2D eigenvalue weighted by Gasteiger charge is -2.21. The molecule has 0 aromatic heterocycles. The van der Waals surface area contributed by atoms with E-state index in [9.17, 15) is 20.1 Å². The first-order valence-corrected chi connectivity index (χ1v) is 25.5. The minimum absolute atomic E-state index is 0.378. The Morgan fingerprint density at radius 3 is 1.16 bits per heavy atom. The monoisotopic (exact) mass is 814 g/mol. The summed E-state index contributed by atoms with van der Waals surface area (Å²) < 4.78 is 0. The molecule has 0 spiro atoms. The van der Waals surface area contributed by atoms with Crippen LogP contribution in [0.4, 0.5) is 0 Å². The number of aliphatic hydroxyl groups excluding tert-OH is 3. The quantitative estimate of drug-likeness (QED) is 0.0364. The molecule has 0 aromatic carbocycles. The van der Waals surface area contributed by atoms with Gasteiger partial charge in [-0.05, 0) is 64.2 Å². The van der Waals surface area contributed by atoms with Crippen LogP contribution in [0.25, 0.3) is 0 Å². The van der Waals surface area contributed by atoms with Crippen molar-refractivity contribution in [3.63, 3.8) is 0 Å². The smallest absolute Gasteiger partial charge is 0.249 e. The molecule has 0 heterocycles. The molecular formula is C53H99NO4. The molecule has 5 nitrogen and oxygen atoms in total. The van der Waals surface area contributed by atoms with Crippen molar-refractivity contribution in [3.8, 4) is 0 Å². The van der Waals surface area contributed by atoms with E-state index in [1.807, 2.05) is 6.08 Å². The van der Waals surface area contributed by atoms with E-state index < -0.39 is 24.2 Å². The SMILES string of the molecule is CCCCCCCCCCC/C=C\C/C=C\CCCCCCCCCCCCC(O)C(=O)NC(CO)C(O)/C=C/CC/C=C/CCCCCCCCCCCCCC. The predicted octanol–water partition coefficient (Wildman–Crippen LogP) is 15.3. The second-order valence-corrected chi connectivity index (χ2v) is 17.4. The van der Waals surface area contributed by atoms with E-state index in [0.29, 0.717) is 6.42 Å². The lowest BCUT2D eigenvalue weighted by atomic mass is 10.0. The van der Waals surface area contributed by atoms with Crippen LogP contribution in [0.15, 0.2) is 48.6 Å². The van der Waals surface area contributed by atoms with Gasteiger partial charge in [-0.2, -0.15) is 0 Å². The number of carbonyl (C=O) groups is 1. The molecule has 0 saturated carbocycles. The van der Waals surface area contributed by atoms with Crippen molar-refractivity contribution >= 4 is 5.91 Å². The molecule has 0 bridgehead atoms. The van der Waals surface area contributed by atoms with E-state index in [-0.39, 0.29) is 6.61 Å². The Balaban J connectivity index is 3.66. The Morgan fingerprint density at radius 1 is 0.431 bits per heavy atom. The first kappa shape index (κ1) is 56.3. The molecule has 0 aromatic rings. The summed E-state index contributed by atoms with van der Waals surface area (Å²) in [6.45, 7) is 4.18. The van der Waals surface area contributed by atoms with Crippen LogP contribution in [0, 0.1) is 0 Å². The molecule has 1 amide bonds. The van der Waals surface area contributed by atoms with Crippen LogP contribution >= 0.6 is 0 Å². The average Bonchev–Trinajstić information content (AvgIpc) is 3.23. The largest absolute Gasteiger partial charge is 0.394 e. The molecule has 0 fully saturated rings. The number of rotatable bonds is 46. The van der Waals surface area contributed by atoms with Crippen molar-refractivity contribution in [3.05, 3.63) is 48.6 Å². The second kappa shape index (κ2) is 48.0. The molecular weight excluding hydrogens is 715 g/mol. The molecule has 5 heteroatoms. The molecule has 0 rings (SSSR count). The third kappa shape index (κ3) is 42.4. The highest BCUT2D eigenvalue weighted by molar-refractivity contribution is 5.80. The van der Waals surface area contributed by atoms with Crippen molar-refractivity contribution in [2.24, 2.45) is 0 Å². The number of hydrogen-bond acceptors (Lipinski definition) is 4. The number of carbonyl (C=O) groups excluding carboxylic acids is 1. The van der Waals surface area contributed by atoms with Crippen LogP contribution < -0.4 is 5.32 Å². The molecule has 3 unspecified atom stereocenters. The van der Waals surface area contributed by atoms with E-state index in [1.165, 1.54) is 193 Å². The highest BCUT2D eigenvalue weighted by atomic mass is 16.3. The van der Waals surface area contributed by atoms with Gasteiger partial charge in [0.25, 0.3) is 0 Å². The molecule has 0 radical (unpaired) electrons. The van der Waals surface area contributed by atoms with Crippen LogP contribution in [0.5, 0.6) is 0 Å². The van der Waals surface area contributed by atoms with Crippen molar-refractivity contribution in [2.75, 3.05) is 6.61 Å². The topological polar surface area (TPSA) is 89.8 Å². The maximum atomic E-state index is 12.5. The van der Waals surface area contributed by atoms with Crippen molar-refractivity contribution in [2.45, 2.75) is 276 Å². The number of aliphatic hydroxyl groups is 3. The zero-order chi connectivity index (χ0) is 42.3. The molecule has 0 saturated heterocycles. The van der Waals surface area contributed by atoms with Crippen molar-refractivity contribution in [1.82, 2.24) is 5.32 Å². The number of unbranched alkanes of at least 4 members (excludes halogenated alkanes) is 32. The van der Waals surface area contributed by atoms with E-state index >= 15 is 0 Å². The lowest BCUT2D eigenvalue weighted by molar-refractivity contribution is -0.131. The van der Waals surface area contributed by atoms with Gasteiger partial charge in [0.05, 0.1) is 18.8 Å². The van der Waals surface area contributed by atoms with Gasteiger partial charge >= 0.3 is 0 Å². The van der Waals surface area contributed by atoms with Gasteiger partial charge in [-0.3, -0.25) is 4.79 Å². The van der Waals surface area contributed by atoms with Crippen LogP contribution in [0.3, 0.4) is 0 Å². The van der Waals surface area contributed by atoms with Crippen molar-refractivity contribution < 1.29 is 20.1 Å². The summed E-state index contributed by atoms with van der Waals surface area (Å²) in [5, 5.41) is 33.2. The Bertz CT molecular complexity index is 943. The lowest BCUT2D eigenvalue weighted by Crippen LogP contribution is -2.48. The predicted molar refractivity (Wildman–Crippen MR) is 254 cm³/mol. The van der Waals surface area contributed by atoms with Crippen molar-refractivity contribution in [1.29, 1.82) is 0 Å². The van der Waals surface area contributed by atoms with E-state index in [2.05, 4.69) is 55.6 Å². The minimum atomic E-state index is -1.11. The standard InChI is InChI=1S/C53H99NO4/c1-3-5-7-9-11-13-15-17-19-21-23-24-25-26-27-28-29-30-32-34-36-38-40-42-44-46-48-52(57)53(58)54-50(49-55)51(56)47-45-43-41-39-37-35-33-31-22-20-18-16-14-12-10-8-6-4-2/h23-24,26-27,37,39,45,47,50-52,55-57H,3-22,25,28-36,38,40-44,46,48-49H2,1-2H3,(H,54,58)/b24-23-,27-26-,39-37+,47-45+. The maximum Gasteiger partial charge on any atom is 0.249 e. The third-order valence-electron chi connectivity index (χ3n) is 11.6. The van der Waals surface area contributed by atoms with E-state index in [4.69, 9.17) is 0 Å². The highest BCUT2D eigenvalue weighted by Gasteiger charge is 2.22. The summed E-state index contributed by atoms with van der Waals surface area (Å²) in [6, 6.07) is -0.817. The molecule has 340 valence electrons. The molecule has 0 aliphatic carbocycles. The molecule has 0 aliphatic heterocycles. The first-order chi connectivity index (χ1) is 28.6. The van der Waals surface area contributed by atoms with Gasteiger partial charge in [0.1, 0.15) is 6.10 Å². The average molecular weight is 814 g/mol. The van der Waals surface area contributed by atoms with Gasteiger partial charge in [0, 0.05) is 0 Å². The third-order valence-corrected chi connectivity index (χ3v) is 11.6. The first-order valence-electron chi connectivity index (χ1n) is 25.5. The van der Waals surface area contributed by atoms with Crippen LogP contribution in [0.2, 0.25) is 0 Å². The van der Waals surface area contributed by atoms with Gasteiger partial charge in [0.15, 0.2) is 0 Å². The number of nitrogens with one attached hydrogen (secondary N) is 1. The summed E-state index contributed by atoms with van der Waals surface area (Å²) in [6.07, 6.45) is 63.1. The molecule has 0 aliphatic rings. The van der Waals surface area contributed by atoms with Gasteiger partial charge < -0.3 is 20.6 Å². The zero-order valence-corrected chi connectivity index (χ0v) is 38.7. The number of allylic oxidation sites excluding steroid dienone is 7. The molecule has 4 N–H and O–H groups in total. The summed E-state index contributed by atoms with van der Waals surface area (Å²) in [4.78, 5) is 12.5. The Morgan fingerprint density at radius 2 is 0.759 bits per heavy atom. The number of hydrogen-bond donors (Lipinski definition) is 4. The fourth-order valence-corrected chi connectivity index (χ4v) is 7.64. The maximum absolute atomic E-state index is 12.5. The number of amides is 1. The van der Waals surface area contributed by atoms with Crippen LogP contribution in [-0.2, 0) is 4.79 Å². The van der Waals surface area contributed by atoms with Gasteiger partial charge in [-0.1, -0.05) is 242 Å². The molecule has 3 atom stereocenters. The minimum Gasteiger partial charge on any atom is -0.394 e. The van der Waals surface area contributed by atoms with E-state index in [1.54, 1.807) is 6.08 Å². The van der Waals surface area contributed by atoms with Gasteiger partial charge in [-0.15, -0.1) is 0 Å². The second-order valence-electron chi connectivity index (χ2n) is 17.4. The Hall–Kier alpha value is -1.69. The van der Waals surface area contributed by atoms with Crippen LogP contribution in [-0.4, -0.2) is 46.1 Å². The Kier molecular flexibility index (Phi) is 46.6. The highest BCUT2D eigenvalue weighted by Crippen LogP contribution is 2.15. The zero-order valence-electron chi connectivity index (χ0n) is 38.7. The molecule has 58 heavy (non-hydrogen) atoms. The Labute approximate surface area is 361 Å². The summed E-state index contributed by atoms with van der Waals surface area (Å²) >= 11 is 0. The summed E-state index contributed by atoms with van der Waals surface area (Å²) in [5.41, 5.74) is 0. The van der Waals surface area contributed by atoms with Gasteiger partial charge in [-0.25, -0.2) is 0 Å². The fourth-order valence-electron chi connectivity index (χ4n) is 7.64. The normalized spacial score (nSPS) is 13.8. The summed E-state index contributed by atoms with van der Waals surface area (Å²) in [7, 11) is 0. The fraction of sp³-hybridized carbons (Fsp3) is 0.830. The summed E-state index contributed by atoms with van der Waals surface area (Å²) in [5.74, 6) is -0.515. The van der Waals surface area contributed by atoms with Crippen LogP contribution in [0.1, 0.15) is 258 Å². The van der Waals surface area contributed by atoms with Gasteiger partial charge in [0.2, 0.25) is 5.91 Å².